The van der Waals surface area contributed by atoms with Crippen molar-refractivity contribution in [1.82, 2.24) is 10.2 Å². The van der Waals surface area contributed by atoms with Crippen LogP contribution in [0.15, 0.2) is 18.2 Å². The number of rotatable bonds is 4. The van der Waals surface area contributed by atoms with E-state index < -0.39 is 0 Å². The summed E-state index contributed by atoms with van der Waals surface area (Å²) in [6, 6.07) is 5.41. The van der Waals surface area contributed by atoms with Gasteiger partial charge in [-0.3, -0.25) is 4.79 Å². The Kier molecular flexibility index (Phi) is 3.87. The zero-order valence-electron chi connectivity index (χ0n) is 10.9. The zero-order valence-corrected chi connectivity index (χ0v) is 10.9. The molecule has 98 valence electrons. The first-order valence-corrected chi connectivity index (χ1v) is 6.44. The first-order chi connectivity index (χ1) is 8.63. The normalized spacial score (nSPS) is 15.2. The van der Waals surface area contributed by atoms with Crippen LogP contribution in [-0.4, -0.2) is 41.6 Å². The molecule has 0 atom stereocenters. The van der Waals surface area contributed by atoms with Gasteiger partial charge >= 0.3 is 0 Å². The number of carbonyl (C=O) groups is 1. The Morgan fingerprint density at radius 1 is 1.50 bits per heavy atom. The van der Waals surface area contributed by atoms with Crippen LogP contribution < -0.4 is 5.32 Å². The standard InChI is InChI=1S/C14H20N2O2/c1-3-6-16(11-8-15-9-11)14(18)12-7-10(2)4-5-13(12)17/h4-5,7,11,15,17H,3,6,8-9H2,1-2H3. The van der Waals surface area contributed by atoms with Gasteiger partial charge < -0.3 is 15.3 Å². The van der Waals surface area contributed by atoms with Crippen LogP contribution in [0.2, 0.25) is 0 Å². The molecule has 1 amide bonds. The molecule has 1 aromatic rings. The van der Waals surface area contributed by atoms with Crippen LogP contribution >= 0.6 is 0 Å². The Morgan fingerprint density at radius 3 is 2.78 bits per heavy atom. The highest BCUT2D eigenvalue weighted by Crippen LogP contribution is 2.22. The van der Waals surface area contributed by atoms with E-state index in [1.165, 1.54) is 0 Å². The third-order valence-corrected chi connectivity index (χ3v) is 3.31. The molecule has 1 saturated heterocycles. The Morgan fingerprint density at radius 2 is 2.22 bits per heavy atom. The lowest BCUT2D eigenvalue weighted by molar-refractivity contribution is 0.0612. The molecule has 0 aliphatic carbocycles. The fourth-order valence-corrected chi connectivity index (χ4v) is 2.16. The molecule has 1 aliphatic rings. The van der Waals surface area contributed by atoms with Gasteiger partial charge in [-0.25, -0.2) is 0 Å². The quantitative estimate of drug-likeness (QED) is 0.849. The van der Waals surface area contributed by atoms with E-state index in [4.69, 9.17) is 0 Å². The number of carbonyl (C=O) groups excluding carboxylic acids is 1. The van der Waals surface area contributed by atoms with Crippen LogP contribution in [0.3, 0.4) is 0 Å². The maximum absolute atomic E-state index is 12.5. The number of aryl methyl sites for hydroxylation is 1. The van der Waals surface area contributed by atoms with Crippen LogP contribution in [0.1, 0.15) is 29.3 Å². The maximum Gasteiger partial charge on any atom is 0.257 e. The fraction of sp³-hybridized carbons (Fsp3) is 0.500. The second-order valence-electron chi connectivity index (χ2n) is 4.83. The third-order valence-electron chi connectivity index (χ3n) is 3.31. The van der Waals surface area contributed by atoms with E-state index in [9.17, 15) is 9.90 Å². The van der Waals surface area contributed by atoms with E-state index in [0.29, 0.717) is 5.56 Å². The molecule has 0 spiro atoms. The molecule has 0 saturated carbocycles. The van der Waals surface area contributed by atoms with Gasteiger partial charge in [-0.15, -0.1) is 0 Å². The van der Waals surface area contributed by atoms with Gasteiger partial charge in [0.1, 0.15) is 5.75 Å². The first-order valence-electron chi connectivity index (χ1n) is 6.44. The third kappa shape index (κ3) is 2.48. The first kappa shape index (κ1) is 12.9. The lowest BCUT2D eigenvalue weighted by atomic mass is 10.1. The summed E-state index contributed by atoms with van der Waals surface area (Å²) in [4.78, 5) is 14.3. The number of aromatic hydroxyl groups is 1. The van der Waals surface area contributed by atoms with Crippen molar-refractivity contribution in [2.75, 3.05) is 19.6 Å². The number of nitrogens with one attached hydrogen (secondary N) is 1. The summed E-state index contributed by atoms with van der Waals surface area (Å²) in [6.45, 7) is 6.41. The summed E-state index contributed by atoms with van der Waals surface area (Å²) < 4.78 is 0. The van der Waals surface area contributed by atoms with Crippen molar-refractivity contribution >= 4 is 5.91 Å². The van der Waals surface area contributed by atoms with E-state index in [-0.39, 0.29) is 17.7 Å². The second-order valence-corrected chi connectivity index (χ2v) is 4.83. The van der Waals surface area contributed by atoms with Crippen LogP contribution in [0.5, 0.6) is 5.75 Å². The van der Waals surface area contributed by atoms with Crippen molar-refractivity contribution in [1.29, 1.82) is 0 Å². The predicted octanol–water partition coefficient (Wildman–Crippen LogP) is 1.52. The van der Waals surface area contributed by atoms with Crippen molar-refractivity contribution in [2.24, 2.45) is 0 Å². The number of phenols is 1. The predicted molar refractivity (Wildman–Crippen MR) is 70.8 cm³/mol. The number of benzene rings is 1. The SMILES string of the molecule is CCCN(C(=O)c1cc(C)ccc1O)C1CNC1. The van der Waals surface area contributed by atoms with Crippen LogP contribution in [0.4, 0.5) is 0 Å². The molecule has 0 bridgehead atoms. The van der Waals surface area contributed by atoms with Crippen LogP contribution in [-0.2, 0) is 0 Å². The minimum atomic E-state index is -0.0652. The highest BCUT2D eigenvalue weighted by molar-refractivity contribution is 5.97. The zero-order chi connectivity index (χ0) is 13.1. The molecule has 0 radical (unpaired) electrons. The van der Waals surface area contributed by atoms with Gasteiger partial charge in [-0.2, -0.15) is 0 Å². The fourth-order valence-electron chi connectivity index (χ4n) is 2.16. The van der Waals surface area contributed by atoms with Crippen molar-refractivity contribution in [3.63, 3.8) is 0 Å². The molecule has 0 unspecified atom stereocenters. The van der Waals surface area contributed by atoms with Crippen molar-refractivity contribution in [2.45, 2.75) is 26.3 Å². The highest BCUT2D eigenvalue weighted by atomic mass is 16.3. The molecule has 4 nitrogen and oxygen atoms in total. The number of phenolic OH excluding ortho intramolecular Hbond substituents is 1. The minimum absolute atomic E-state index is 0.0652. The largest absolute Gasteiger partial charge is 0.507 e. The average molecular weight is 248 g/mol. The van der Waals surface area contributed by atoms with E-state index in [1.54, 1.807) is 18.2 Å². The van der Waals surface area contributed by atoms with Crippen molar-refractivity contribution < 1.29 is 9.90 Å². The van der Waals surface area contributed by atoms with E-state index in [1.807, 2.05) is 11.8 Å². The van der Waals surface area contributed by atoms with Gasteiger partial charge in [0, 0.05) is 19.6 Å². The topological polar surface area (TPSA) is 52.6 Å². The molecular formula is C14H20N2O2. The van der Waals surface area contributed by atoms with E-state index in [2.05, 4.69) is 12.2 Å². The number of hydrogen-bond donors (Lipinski definition) is 2. The number of hydrogen-bond acceptors (Lipinski definition) is 3. The minimum Gasteiger partial charge on any atom is -0.507 e. The number of amides is 1. The van der Waals surface area contributed by atoms with Crippen LogP contribution in [0.25, 0.3) is 0 Å². The lowest BCUT2D eigenvalue weighted by Gasteiger charge is -2.38. The van der Waals surface area contributed by atoms with Gasteiger partial charge in [0.15, 0.2) is 0 Å². The maximum atomic E-state index is 12.5. The average Bonchev–Trinajstić information content (AvgIpc) is 2.28. The van der Waals surface area contributed by atoms with Crippen LogP contribution in [0, 0.1) is 6.92 Å². The summed E-state index contributed by atoms with van der Waals surface area (Å²) in [6.07, 6.45) is 0.925. The molecular weight excluding hydrogens is 228 g/mol. The van der Waals surface area contributed by atoms with Gasteiger partial charge in [0.05, 0.1) is 11.6 Å². The summed E-state index contributed by atoms with van der Waals surface area (Å²) in [5.41, 5.74) is 1.40. The summed E-state index contributed by atoms with van der Waals surface area (Å²) in [5, 5.41) is 13.0. The molecule has 1 aromatic carbocycles. The van der Waals surface area contributed by atoms with Gasteiger partial charge in [-0.1, -0.05) is 18.6 Å². The van der Waals surface area contributed by atoms with Gasteiger partial charge in [0.2, 0.25) is 0 Å². The Bertz CT molecular complexity index is 441. The van der Waals surface area contributed by atoms with Gasteiger partial charge in [-0.05, 0) is 25.5 Å². The summed E-state index contributed by atoms with van der Waals surface area (Å²) >= 11 is 0. The van der Waals surface area contributed by atoms with Gasteiger partial charge in [0.25, 0.3) is 5.91 Å². The Balaban J connectivity index is 2.23. The van der Waals surface area contributed by atoms with Crippen molar-refractivity contribution in [3.05, 3.63) is 29.3 Å². The monoisotopic (exact) mass is 248 g/mol. The second kappa shape index (κ2) is 5.40. The Labute approximate surface area is 108 Å². The highest BCUT2D eigenvalue weighted by Gasteiger charge is 2.29. The molecule has 18 heavy (non-hydrogen) atoms. The molecule has 1 heterocycles. The Hall–Kier alpha value is -1.55. The molecule has 2 N–H and O–H groups in total. The van der Waals surface area contributed by atoms with E-state index in [0.717, 1.165) is 31.6 Å². The number of nitrogens with zero attached hydrogens (tertiary/aromatic N) is 1. The van der Waals surface area contributed by atoms with Crippen molar-refractivity contribution in [3.8, 4) is 5.75 Å². The molecule has 1 aliphatic heterocycles. The smallest absolute Gasteiger partial charge is 0.257 e. The molecule has 1 fully saturated rings. The summed E-state index contributed by atoms with van der Waals surface area (Å²) in [7, 11) is 0. The lowest BCUT2D eigenvalue weighted by Crippen LogP contribution is -2.59. The molecule has 0 aromatic heterocycles. The van der Waals surface area contributed by atoms with E-state index >= 15 is 0 Å². The summed E-state index contributed by atoms with van der Waals surface area (Å²) in [5.74, 6) is 0.00327. The molecule has 2 rings (SSSR count). The molecule has 4 heteroatoms.